The van der Waals surface area contributed by atoms with Gasteiger partial charge in [0.1, 0.15) is 0 Å². The number of hydrogen-bond acceptors (Lipinski definition) is 3. The minimum atomic E-state index is -1.10. The van der Waals surface area contributed by atoms with E-state index in [1.807, 2.05) is 0 Å². The van der Waals surface area contributed by atoms with Gasteiger partial charge in [-0.3, -0.25) is 9.59 Å². The van der Waals surface area contributed by atoms with E-state index in [2.05, 4.69) is 10.6 Å². The highest BCUT2D eigenvalue weighted by molar-refractivity contribution is 5.98. The van der Waals surface area contributed by atoms with Crippen molar-refractivity contribution in [1.82, 2.24) is 10.6 Å². The fraction of sp³-hybridized carbons (Fsp3) is 0.308. The van der Waals surface area contributed by atoms with E-state index in [4.69, 9.17) is 5.11 Å². The van der Waals surface area contributed by atoms with Crippen LogP contribution in [0.5, 0.6) is 0 Å². The number of carboxylic acids is 1. The van der Waals surface area contributed by atoms with E-state index in [0.29, 0.717) is 0 Å². The van der Waals surface area contributed by atoms with Gasteiger partial charge < -0.3 is 15.7 Å². The number of aromatic carboxylic acids is 1. The third kappa shape index (κ3) is 3.80. The highest BCUT2D eigenvalue weighted by Gasteiger charge is 2.23. The van der Waals surface area contributed by atoms with Crippen LogP contribution < -0.4 is 10.6 Å². The van der Waals surface area contributed by atoms with Crippen LogP contribution in [0.25, 0.3) is 0 Å². The lowest BCUT2D eigenvalue weighted by Gasteiger charge is -2.06. The van der Waals surface area contributed by atoms with Crippen LogP contribution >= 0.6 is 0 Å². The Kier molecular flexibility index (Phi) is 3.79. The quantitative estimate of drug-likeness (QED) is 0.715. The lowest BCUT2D eigenvalue weighted by atomic mass is 10.1. The van der Waals surface area contributed by atoms with E-state index in [9.17, 15) is 14.4 Å². The molecule has 0 aromatic heterocycles. The van der Waals surface area contributed by atoms with Crippen molar-refractivity contribution in [1.29, 1.82) is 0 Å². The molecule has 0 aliphatic heterocycles. The average Bonchev–Trinajstić information content (AvgIpc) is 3.20. The average molecular weight is 262 g/mol. The second kappa shape index (κ2) is 5.51. The largest absolute Gasteiger partial charge is 0.478 e. The van der Waals surface area contributed by atoms with Crippen LogP contribution in [-0.4, -0.2) is 35.5 Å². The van der Waals surface area contributed by atoms with Crippen LogP contribution in [0.15, 0.2) is 24.3 Å². The predicted molar refractivity (Wildman–Crippen MR) is 66.9 cm³/mol. The Hall–Kier alpha value is -2.37. The van der Waals surface area contributed by atoms with E-state index in [1.165, 1.54) is 24.3 Å². The first-order chi connectivity index (χ1) is 9.06. The fourth-order valence-electron chi connectivity index (χ4n) is 1.56. The molecule has 2 rings (SSSR count). The van der Waals surface area contributed by atoms with Gasteiger partial charge in [0.15, 0.2) is 0 Å². The Morgan fingerprint density at radius 1 is 1.21 bits per heavy atom. The van der Waals surface area contributed by atoms with Crippen LogP contribution in [0, 0.1) is 0 Å². The minimum Gasteiger partial charge on any atom is -0.478 e. The van der Waals surface area contributed by atoms with Gasteiger partial charge in [0.25, 0.3) is 5.91 Å². The Bertz CT molecular complexity index is 523. The zero-order chi connectivity index (χ0) is 13.8. The summed E-state index contributed by atoms with van der Waals surface area (Å²) in [7, 11) is 0. The van der Waals surface area contributed by atoms with Crippen molar-refractivity contribution < 1.29 is 19.5 Å². The first-order valence-electron chi connectivity index (χ1n) is 5.97. The molecule has 6 nitrogen and oxygen atoms in total. The van der Waals surface area contributed by atoms with Gasteiger partial charge in [-0.15, -0.1) is 0 Å². The zero-order valence-corrected chi connectivity index (χ0v) is 10.2. The number of hydrogen-bond donors (Lipinski definition) is 3. The van der Waals surface area contributed by atoms with Crippen molar-refractivity contribution in [2.45, 2.75) is 18.9 Å². The van der Waals surface area contributed by atoms with E-state index >= 15 is 0 Å². The standard InChI is InChI=1S/C13H14N2O4/c16-11(15-10-4-5-10)7-14-12(17)8-2-1-3-9(6-8)13(18)19/h1-3,6,10H,4-5,7H2,(H,14,17)(H,15,16)(H,18,19). The molecule has 3 N–H and O–H groups in total. The first-order valence-corrected chi connectivity index (χ1v) is 5.97. The Morgan fingerprint density at radius 2 is 1.89 bits per heavy atom. The van der Waals surface area contributed by atoms with E-state index < -0.39 is 11.9 Å². The molecule has 0 spiro atoms. The number of carbonyl (C=O) groups excluding carboxylic acids is 2. The summed E-state index contributed by atoms with van der Waals surface area (Å²) in [5, 5.41) is 14.0. The molecule has 0 radical (unpaired) electrons. The molecule has 1 aromatic carbocycles. The number of carboxylic acid groups (broad SMARTS) is 1. The van der Waals surface area contributed by atoms with Gasteiger partial charge in [0, 0.05) is 11.6 Å². The summed E-state index contributed by atoms with van der Waals surface area (Å²) in [6, 6.07) is 5.92. The molecule has 0 heterocycles. The smallest absolute Gasteiger partial charge is 0.335 e. The molecule has 0 unspecified atom stereocenters. The molecule has 1 aromatic rings. The highest BCUT2D eigenvalue weighted by atomic mass is 16.4. The maximum atomic E-state index is 11.7. The number of carbonyl (C=O) groups is 3. The van der Waals surface area contributed by atoms with Crippen LogP contribution in [0.2, 0.25) is 0 Å². The molecule has 1 saturated carbocycles. The lowest BCUT2D eigenvalue weighted by Crippen LogP contribution is -2.37. The number of amides is 2. The summed E-state index contributed by atoms with van der Waals surface area (Å²) < 4.78 is 0. The summed E-state index contributed by atoms with van der Waals surface area (Å²) in [5.41, 5.74) is 0.259. The highest BCUT2D eigenvalue weighted by Crippen LogP contribution is 2.18. The molecule has 1 aliphatic rings. The minimum absolute atomic E-state index is 0.0371. The van der Waals surface area contributed by atoms with Gasteiger partial charge in [-0.1, -0.05) is 6.07 Å². The Balaban J connectivity index is 1.89. The number of benzene rings is 1. The summed E-state index contributed by atoms with van der Waals surface area (Å²) >= 11 is 0. The fourth-order valence-corrected chi connectivity index (χ4v) is 1.56. The summed E-state index contributed by atoms with van der Waals surface area (Å²) in [5.74, 6) is -1.79. The molecule has 1 aliphatic carbocycles. The zero-order valence-electron chi connectivity index (χ0n) is 10.2. The van der Waals surface area contributed by atoms with Crippen molar-refractivity contribution in [3.05, 3.63) is 35.4 Å². The van der Waals surface area contributed by atoms with Crippen LogP contribution in [0.4, 0.5) is 0 Å². The molecule has 6 heteroatoms. The third-order valence-corrected chi connectivity index (χ3v) is 2.72. The maximum Gasteiger partial charge on any atom is 0.335 e. The second-order valence-corrected chi connectivity index (χ2v) is 4.41. The van der Waals surface area contributed by atoms with Crippen LogP contribution in [-0.2, 0) is 4.79 Å². The SMILES string of the molecule is O=C(CNC(=O)c1cccc(C(=O)O)c1)NC1CC1. The van der Waals surface area contributed by atoms with Crippen molar-refractivity contribution in [3.8, 4) is 0 Å². The monoisotopic (exact) mass is 262 g/mol. The van der Waals surface area contributed by atoms with Gasteiger partial charge in [-0.25, -0.2) is 4.79 Å². The van der Waals surface area contributed by atoms with Gasteiger partial charge in [-0.05, 0) is 31.0 Å². The second-order valence-electron chi connectivity index (χ2n) is 4.41. The van der Waals surface area contributed by atoms with Crippen molar-refractivity contribution in [2.24, 2.45) is 0 Å². The van der Waals surface area contributed by atoms with Crippen molar-refractivity contribution in [3.63, 3.8) is 0 Å². The molecular formula is C13H14N2O4. The lowest BCUT2D eigenvalue weighted by molar-refractivity contribution is -0.120. The summed E-state index contributed by atoms with van der Waals surface area (Å²) in [4.78, 5) is 33.9. The van der Waals surface area contributed by atoms with Gasteiger partial charge in [0.2, 0.25) is 5.91 Å². The van der Waals surface area contributed by atoms with Crippen molar-refractivity contribution in [2.75, 3.05) is 6.54 Å². The van der Waals surface area contributed by atoms with Crippen molar-refractivity contribution >= 4 is 17.8 Å². The molecular weight excluding hydrogens is 248 g/mol. The molecule has 19 heavy (non-hydrogen) atoms. The Labute approximate surface area is 109 Å². The van der Waals surface area contributed by atoms with Crippen LogP contribution in [0.1, 0.15) is 33.6 Å². The molecule has 1 fully saturated rings. The van der Waals surface area contributed by atoms with E-state index in [0.717, 1.165) is 12.8 Å². The summed E-state index contributed by atoms with van der Waals surface area (Å²) in [6.07, 6.45) is 1.97. The maximum absolute atomic E-state index is 11.7. The van der Waals surface area contributed by atoms with Crippen LogP contribution in [0.3, 0.4) is 0 Å². The normalized spacial score (nSPS) is 13.7. The molecule has 100 valence electrons. The molecule has 2 amide bonds. The molecule has 0 bridgehead atoms. The molecule has 0 saturated heterocycles. The van der Waals surface area contributed by atoms with Gasteiger partial charge in [-0.2, -0.15) is 0 Å². The first kappa shape index (κ1) is 13.1. The predicted octanol–water partition coefficient (Wildman–Crippen LogP) is 0.393. The van der Waals surface area contributed by atoms with Gasteiger partial charge >= 0.3 is 5.97 Å². The van der Waals surface area contributed by atoms with E-state index in [1.54, 1.807) is 0 Å². The topological polar surface area (TPSA) is 95.5 Å². The summed E-state index contributed by atoms with van der Waals surface area (Å²) in [6.45, 7) is -0.105. The Morgan fingerprint density at radius 3 is 2.53 bits per heavy atom. The van der Waals surface area contributed by atoms with Gasteiger partial charge in [0.05, 0.1) is 12.1 Å². The van der Waals surface area contributed by atoms with E-state index in [-0.39, 0.29) is 29.6 Å². The number of nitrogens with one attached hydrogen (secondary N) is 2. The molecule has 0 atom stereocenters. The number of rotatable bonds is 5. The third-order valence-electron chi connectivity index (χ3n) is 2.72.